The summed E-state index contributed by atoms with van der Waals surface area (Å²) in [5.41, 5.74) is 1.11. The van der Waals surface area contributed by atoms with Crippen molar-refractivity contribution in [2.45, 2.75) is 19.9 Å². The number of thioether (sulfide) groups is 1. The molecule has 2 aromatic rings. The van der Waals surface area contributed by atoms with E-state index in [4.69, 9.17) is 5.11 Å². The fraction of sp³-hybridized carbons (Fsp3) is 0.250. The number of para-hydroxylation sites is 1. The van der Waals surface area contributed by atoms with Gasteiger partial charge in [0.05, 0.1) is 5.92 Å². The van der Waals surface area contributed by atoms with Gasteiger partial charge in [0.15, 0.2) is 0 Å². The lowest BCUT2D eigenvalue weighted by Gasteiger charge is -2.28. The van der Waals surface area contributed by atoms with E-state index in [1.807, 2.05) is 12.1 Å². The van der Waals surface area contributed by atoms with Gasteiger partial charge in [0.2, 0.25) is 5.12 Å². The molecule has 0 aliphatic carbocycles. The zero-order chi connectivity index (χ0) is 19.1. The van der Waals surface area contributed by atoms with Gasteiger partial charge in [-0.3, -0.25) is 19.3 Å². The Kier molecular flexibility index (Phi) is 6.97. The van der Waals surface area contributed by atoms with E-state index in [1.165, 1.54) is 4.90 Å². The molecule has 2 rings (SSSR count). The van der Waals surface area contributed by atoms with Crippen LogP contribution in [0.2, 0.25) is 0 Å². The average Bonchev–Trinajstić information content (AvgIpc) is 2.67. The molecule has 0 radical (unpaired) electrons. The molecule has 1 unspecified atom stereocenters. The molecule has 0 heterocycles. The Hall–Kier alpha value is -2.60. The zero-order valence-electron chi connectivity index (χ0n) is 14.7. The van der Waals surface area contributed by atoms with Crippen molar-refractivity contribution in [3.8, 4) is 0 Å². The number of hydrogen-bond donors (Lipinski definition) is 1. The summed E-state index contributed by atoms with van der Waals surface area (Å²) in [6.45, 7) is 3.21. The monoisotopic (exact) mass is 371 g/mol. The molecule has 0 fully saturated rings. The molecule has 0 saturated carbocycles. The van der Waals surface area contributed by atoms with Crippen LogP contribution >= 0.6 is 11.8 Å². The third kappa shape index (κ3) is 4.95. The standard InChI is InChI=1S/C20H21NO4S/c1-14(19(23)24)13-26-20(25)15(2)21(17-11-7-4-8-12-17)18(22)16-9-5-3-6-10-16/h3-12,14-15H,13H2,1-2H3,(H,23,24)/t14?,15-/m0/s1. The maximum atomic E-state index is 13.0. The first-order chi connectivity index (χ1) is 12.4. The van der Waals surface area contributed by atoms with Crippen LogP contribution in [0.15, 0.2) is 60.7 Å². The van der Waals surface area contributed by atoms with Gasteiger partial charge >= 0.3 is 5.97 Å². The molecule has 1 N–H and O–H groups in total. The molecule has 0 bridgehead atoms. The molecule has 1 amide bonds. The van der Waals surface area contributed by atoms with Crippen LogP contribution in [-0.4, -0.2) is 33.9 Å². The summed E-state index contributed by atoms with van der Waals surface area (Å²) in [6.07, 6.45) is 0. The highest BCUT2D eigenvalue weighted by Crippen LogP contribution is 2.23. The summed E-state index contributed by atoms with van der Waals surface area (Å²) in [7, 11) is 0. The van der Waals surface area contributed by atoms with Crippen molar-refractivity contribution in [3.63, 3.8) is 0 Å². The van der Waals surface area contributed by atoms with Gasteiger partial charge < -0.3 is 5.11 Å². The van der Waals surface area contributed by atoms with Crippen molar-refractivity contribution < 1.29 is 19.5 Å². The number of amides is 1. The SMILES string of the molecule is CC(CSC(=O)[C@H](C)N(C(=O)c1ccccc1)c1ccccc1)C(=O)O. The van der Waals surface area contributed by atoms with Crippen LogP contribution in [0, 0.1) is 5.92 Å². The summed E-state index contributed by atoms with van der Waals surface area (Å²) in [4.78, 5) is 38.0. The quantitative estimate of drug-likeness (QED) is 0.803. The molecule has 136 valence electrons. The highest BCUT2D eigenvalue weighted by Gasteiger charge is 2.29. The van der Waals surface area contributed by atoms with E-state index in [-0.39, 0.29) is 16.8 Å². The predicted octanol–water partition coefficient (Wildman–Crippen LogP) is 3.70. The minimum atomic E-state index is -0.946. The van der Waals surface area contributed by atoms with Crippen LogP contribution in [0.4, 0.5) is 5.69 Å². The van der Waals surface area contributed by atoms with Crippen molar-refractivity contribution in [1.82, 2.24) is 0 Å². The van der Waals surface area contributed by atoms with Crippen molar-refractivity contribution in [3.05, 3.63) is 66.2 Å². The first-order valence-electron chi connectivity index (χ1n) is 8.25. The molecule has 0 saturated heterocycles. The molecule has 26 heavy (non-hydrogen) atoms. The minimum Gasteiger partial charge on any atom is -0.481 e. The third-order valence-electron chi connectivity index (χ3n) is 3.90. The van der Waals surface area contributed by atoms with Crippen molar-refractivity contribution >= 4 is 34.4 Å². The summed E-state index contributed by atoms with van der Waals surface area (Å²) in [6, 6.07) is 17.0. The number of rotatable bonds is 7. The van der Waals surface area contributed by atoms with Gasteiger partial charge in [-0.2, -0.15) is 0 Å². The lowest BCUT2D eigenvalue weighted by Crippen LogP contribution is -2.43. The van der Waals surface area contributed by atoms with Crippen LogP contribution in [0.1, 0.15) is 24.2 Å². The first kappa shape index (κ1) is 19.7. The van der Waals surface area contributed by atoms with Gasteiger partial charge in [0.1, 0.15) is 6.04 Å². The van der Waals surface area contributed by atoms with E-state index in [9.17, 15) is 14.4 Å². The summed E-state index contributed by atoms with van der Waals surface area (Å²) >= 11 is 0.943. The van der Waals surface area contributed by atoms with Crippen molar-refractivity contribution in [2.24, 2.45) is 5.92 Å². The van der Waals surface area contributed by atoms with Crippen LogP contribution in [0.5, 0.6) is 0 Å². The Morgan fingerprint density at radius 2 is 1.50 bits per heavy atom. The second-order valence-corrected chi connectivity index (χ2v) is 6.95. The molecule has 2 atom stereocenters. The normalized spacial score (nSPS) is 12.8. The number of benzene rings is 2. The minimum absolute atomic E-state index is 0.167. The van der Waals surface area contributed by atoms with Crippen LogP contribution < -0.4 is 4.90 Å². The number of carbonyl (C=O) groups excluding carboxylic acids is 2. The predicted molar refractivity (Wildman–Crippen MR) is 103 cm³/mol. The number of anilines is 1. The summed E-state index contributed by atoms with van der Waals surface area (Å²) in [5, 5.41) is 8.72. The lowest BCUT2D eigenvalue weighted by atomic mass is 10.1. The Morgan fingerprint density at radius 3 is 2.04 bits per heavy atom. The number of hydrogen-bond acceptors (Lipinski definition) is 4. The van der Waals surface area contributed by atoms with Gasteiger partial charge in [0, 0.05) is 17.0 Å². The van der Waals surface area contributed by atoms with E-state index in [1.54, 1.807) is 62.4 Å². The highest BCUT2D eigenvalue weighted by atomic mass is 32.2. The molecular weight excluding hydrogens is 350 g/mol. The molecule has 0 aromatic heterocycles. The second kappa shape index (κ2) is 9.20. The zero-order valence-corrected chi connectivity index (χ0v) is 15.5. The maximum Gasteiger partial charge on any atom is 0.307 e. The second-order valence-electron chi connectivity index (χ2n) is 5.92. The topological polar surface area (TPSA) is 74.7 Å². The molecule has 0 aliphatic rings. The van der Waals surface area contributed by atoms with Gasteiger partial charge in [-0.25, -0.2) is 0 Å². The van der Waals surface area contributed by atoms with E-state index in [0.29, 0.717) is 11.3 Å². The van der Waals surface area contributed by atoms with Gasteiger partial charge in [-0.15, -0.1) is 0 Å². The molecule has 0 spiro atoms. The van der Waals surface area contributed by atoms with Crippen LogP contribution in [0.3, 0.4) is 0 Å². The smallest absolute Gasteiger partial charge is 0.307 e. The summed E-state index contributed by atoms with van der Waals surface area (Å²) in [5.74, 6) is -1.69. The molecule has 6 heteroatoms. The summed E-state index contributed by atoms with van der Waals surface area (Å²) < 4.78 is 0. The molecular formula is C20H21NO4S. The maximum absolute atomic E-state index is 13.0. The number of carbonyl (C=O) groups is 3. The number of carboxylic acids is 1. The Labute approximate surface area is 157 Å². The van der Waals surface area contributed by atoms with E-state index in [0.717, 1.165) is 11.8 Å². The molecule has 0 aliphatic heterocycles. The van der Waals surface area contributed by atoms with Gasteiger partial charge in [-0.05, 0) is 31.2 Å². The van der Waals surface area contributed by atoms with E-state index < -0.39 is 17.9 Å². The Bertz CT molecular complexity index is 764. The van der Waals surface area contributed by atoms with E-state index in [2.05, 4.69) is 0 Å². The third-order valence-corrected chi connectivity index (χ3v) is 5.19. The van der Waals surface area contributed by atoms with Gasteiger partial charge in [0.25, 0.3) is 5.91 Å². The van der Waals surface area contributed by atoms with Crippen LogP contribution in [0.25, 0.3) is 0 Å². The van der Waals surface area contributed by atoms with E-state index >= 15 is 0 Å². The average molecular weight is 371 g/mol. The van der Waals surface area contributed by atoms with Crippen LogP contribution in [-0.2, 0) is 9.59 Å². The highest BCUT2D eigenvalue weighted by molar-refractivity contribution is 8.13. The lowest BCUT2D eigenvalue weighted by molar-refractivity contribution is -0.140. The van der Waals surface area contributed by atoms with Crippen molar-refractivity contribution in [2.75, 3.05) is 10.7 Å². The molecule has 5 nitrogen and oxygen atoms in total. The number of nitrogens with zero attached hydrogens (tertiary/aromatic N) is 1. The Balaban J connectivity index is 2.25. The molecule has 2 aromatic carbocycles. The number of carboxylic acid groups (broad SMARTS) is 1. The van der Waals surface area contributed by atoms with Crippen molar-refractivity contribution in [1.29, 1.82) is 0 Å². The largest absolute Gasteiger partial charge is 0.481 e. The Morgan fingerprint density at radius 1 is 0.962 bits per heavy atom. The fourth-order valence-corrected chi connectivity index (χ4v) is 3.23. The number of aliphatic carboxylic acids is 1. The first-order valence-corrected chi connectivity index (χ1v) is 9.23. The fourth-order valence-electron chi connectivity index (χ4n) is 2.33. The van der Waals surface area contributed by atoms with Gasteiger partial charge in [-0.1, -0.05) is 55.1 Å².